The van der Waals surface area contributed by atoms with E-state index in [1.807, 2.05) is 25.3 Å². The van der Waals surface area contributed by atoms with Crippen LogP contribution in [0.1, 0.15) is 32.3 Å². The number of fused-ring (bicyclic) bond motifs is 1. The molecule has 0 aliphatic heterocycles. The molecule has 0 aromatic carbocycles. The van der Waals surface area contributed by atoms with Gasteiger partial charge in [0.15, 0.2) is 5.65 Å². The average molecular weight is 262 g/mol. The van der Waals surface area contributed by atoms with E-state index in [0.717, 1.165) is 37.2 Å². The Morgan fingerprint density at radius 2 is 2.21 bits per heavy atom. The number of rotatable bonds is 7. The number of hydrogen-bond donors (Lipinski definition) is 1. The van der Waals surface area contributed by atoms with E-state index in [4.69, 9.17) is 4.74 Å². The first-order valence-corrected chi connectivity index (χ1v) is 6.84. The first-order valence-electron chi connectivity index (χ1n) is 6.84. The topological polar surface area (TPSA) is 51.5 Å². The number of unbranched alkanes of at least 4 members (excludes halogenated alkanes) is 1. The summed E-state index contributed by atoms with van der Waals surface area (Å²) in [5, 5.41) is 7.63. The van der Waals surface area contributed by atoms with E-state index >= 15 is 0 Å². The molecule has 1 N–H and O–H groups in total. The lowest BCUT2D eigenvalue weighted by atomic mass is 10.3. The molecule has 2 rings (SSSR count). The first-order chi connectivity index (χ1) is 9.16. The summed E-state index contributed by atoms with van der Waals surface area (Å²) in [6.07, 6.45) is 4.34. The fraction of sp³-hybridized carbons (Fsp3) is 0.571. The van der Waals surface area contributed by atoms with Crippen molar-refractivity contribution in [3.8, 4) is 0 Å². The number of nitrogens with zero attached hydrogens (tertiary/aromatic N) is 3. The minimum atomic E-state index is 0.316. The number of pyridine rings is 1. The number of anilines is 1. The standard InChI is InChI=1S/C14H22N4O/c1-11(2)19-10-5-4-8-15-14-16-13-12(3)7-6-9-18(13)17-14/h6-7,9,11H,4-5,8,10H2,1-3H3,(H,15,17). The van der Waals surface area contributed by atoms with Crippen molar-refractivity contribution in [2.75, 3.05) is 18.5 Å². The van der Waals surface area contributed by atoms with Crippen molar-refractivity contribution in [1.82, 2.24) is 14.6 Å². The molecule has 19 heavy (non-hydrogen) atoms. The lowest BCUT2D eigenvalue weighted by Crippen LogP contribution is -2.07. The molecule has 0 aliphatic rings. The molecule has 2 aromatic heterocycles. The van der Waals surface area contributed by atoms with Crippen LogP contribution in [-0.2, 0) is 4.74 Å². The second-order valence-corrected chi connectivity index (χ2v) is 4.95. The van der Waals surface area contributed by atoms with Crippen molar-refractivity contribution in [2.45, 2.75) is 39.7 Å². The maximum absolute atomic E-state index is 5.49. The van der Waals surface area contributed by atoms with Gasteiger partial charge in [0.1, 0.15) is 0 Å². The monoisotopic (exact) mass is 262 g/mol. The molecule has 0 spiro atoms. The number of hydrogen-bond acceptors (Lipinski definition) is 4. The highest BCUT2D eigenvalue weighted by Gasteiger charge is 2.04. The Hall–Kier alpha value is -1.62. The number of aryl methyl sites for hydroxylation is 1. The van der Waals surface area contributed by atoms with Gasteiger partial charge in [0.05, 0.1) is 6.10 Å². The molecular weight excluding hydrogens is 240 g/mol. The molecule has 0 amide bonds. The third-order valence-corrected chi connectivity index (χ3v) is 2.86. The Morgan fingerprint density at radius 1 is 1.37 bits per heavy atom. The van der Waals surface area contributed by atoms with Gasteiger partial charge in [-0.15, -0.1) is 5.10 Å². The third-order valence-electron chi connectivity index (χ3n) is 2.86. The normalized spacial score (nSPS) is 11.4. The van der Waals surface area contributed by atoms with E-state index < -0.39 is 0 Å². The largest absolute Gasteiger partial charge is 0.379 e. The van der Waals surface area contributed by atoms with Crippen LogP contribution in [0.25, 0.3) is 5.65 Å². The van der Waals surface area contributed by atoms with Gasteiger partial charge in [0.2, 0.25) is 5.95 Å². The zero-order valence-corrected chi connectivity index (χ0v) is 11.9. The highest BCUT2D eigenvalue weighted by Crippen LogP contribution is 2.09. The predicted molar refractivity (Wildman–Crippen MR) is 76.5 cm³/mol. The maximum atomic E-state index is 5.49. The minimum absolute atomic E-state index is 0.316. The third kappa shape index (κ3) is 3.92. The average Bonchev–Trinajstić information content (AvgIpc) is 2.78. The summed E-state index contributed by atoms with van der Waals surface area (Å²) in [5.41, 5.74) is 2.04. The Morgan fingerprint density at radius 3 is 2.95 bits per heavy atom. The summed E-state index contributed by atoms with van der Waals surface area (Å²) >= 11 is 0. The zero-order chi connectivity index (χ0) is 13.7. The van der Waals surface area contributed by atoms with Crippen LogP contribution in [0.2, 0.25) is 0 Å². The molecule has 0 atom stereocenters. The fourth-order valence-corrected chi connectivity index (χ4v) is 1.86. The lowest BCUT2D eigenvalue weighted by molar-refractivity contribution is 0.0765. The van der Waals surface area contributed by atoms with E-state index in [1.165, 1.54) is 0 Å². The van der Waals surface area contributed by atoms with Crippen LogP contribution in [0.4, 0.5) is 5.95 Å². The van der Waals surface area contributed by atoms with Crippen molar-refractivity contribution < 1.29 is 4.74 Å². The van der Waals surface area contributed by atoms with Gasteiger partial charge in [-0.05, 0) is 45.2 Å². The van der Waals surface area contributed by atoms with Crippen LogP contribution in [0.15, 0.2) is 18.3 Å². The van der Waals surface area contributed by atoms with Crippen LogP contribution in [-0.4, -0.2) is 33.9 Å². The Balaban J connectivity index is 1.77. The molecule has 0 fully saturated rings. The van der Waals surface area contributed by atoms with Crippen LogP contribution in [0.3, 0.4) is 0 Å². The maximum Gasteiger partial charge on any atom is 0.243 e. The van der Waals surface area contributed by atoms with Crippen molar-refractivity contribution >= 4 is 11.6 Å². The highest BCUT2D eigenvalue weighted by atomic mass is 16.5. The van der Waals surface area contributed by atoms with Gasteiger partial charge in [0.25, 0.3) is 0 Å². The molecule has 0 saturated carbocycles. The second-order valence-electron chi connectivity index (χ2n) is 4.95. The molecule has 2 heterocycles. The van der Waals surface area contributed by atoms with Gasteiger partial charge >= 0.3 is 0 Å². The van der Waals surface area contributed by atoms with Gasteiger partial charge in [-0.2, -0.15) is 4.98 Å². The Kier molecular flexibility index (Phi) is 4.74. The van der Waals surface area contributed by atoms with Crippen molar-refractivity contribution in [3.63, 3.8) is 0 Å². The van der Waals surface area contributed by atoms with Crippen LogP contribution in [0.5, 0.6) is 0 Å². The molecule has 0 aliphatic carbocycles. The molecule has 0 saturated heterocycles. The summed E-state index contributed by atoms with van der Waals surface area (Å²) in [7, 11) is 0. The quantitative estimate of drug-likeness (QED) is 0.779. The number of aromatic nitrogens is 3. The zero-order valence-electron chi connectivity index (χ0n) is 11.9. The van der Waals surface area contributed by atoms with E-state index in [9.17, 15) is 0 Å². The second kappa shape index (κ2) is 6.52. The molecule has 2 aromatic rings. The minimum Gasteiger partial charge on any atom is -0.379 e. The SMILES string of the molecule is Cc1cccn2nc(NCCCCOC(C)C)nc12. The molecule has 5 nitrogen and oxygen atoms in total. The van der Waals surface area contributed by atoms with Gasteiger partial charge in [-0.25, -0.2) is 4.52 Å². The number of nitrogens with one attached hydrogen (secondary N) is 1. The van der Waals surface area contributed by atoms with E-state index in [0.29, 0.717) is 12.1 Å². The van der Waals surface area contributed by atoms with E-state index in [1.54, 1.807) is 4.52 Å². The summed E-state index contributed by atoms with van der Waals surface area (Å²) in [6.45, 7) is 7.84. The number of ether oxygens (including phenoxy) is 1. The Bertz CT molecular complexity index is 521. The smallest absolute Gasteiger partial charge is 0.243 e. The Labute approximate surface area is 114 Å². The van der Waals surface area contributed by atoms with Gasteiger partial charge in [-0.3, -0.25) is 0 Å². The van der Waals surface area contributed by atoms with Gasteiger partial charge in [-0.1, -0.05) is 6.07 Å². The molecule has 5 heteroatoms. The van der Waals surface area contributed by atoms with Crippen LogP contribution < -0.4 is 5.32 Å². The van der Waals surface area contributed by atoms with Crippen molar-refractivity contribution in [1.29, 1.82) is 0 Å². The molecule has 0 unspecified atom stereocenters. The lowest BCUT2D eigenvalue weighted by Gasteiger charge is -2.06. The van der Waals surface area contributed by atoms with Crippen LogP contribution >= 0.6 is 0 Å². The summed E-state index contributed by atoms with van der Waals surface area (Å²) in [4.78, 5) is 4.47. The molecule has 0 radical (unpaired) electrons. The fourth-order valence-electron chi connectivity index (χ4n) is 1.86. The first kappa shape index (κ1) is 13.8. The summed E-state index contributed by atoms with van der Waals surface area (Å²) in [5.74, 6) is 0.694. The predicted octanol–water partition coefficient (Wildman–Crippen LogP) is 2.65. The van der Waals surface area contributed by atoms with E-state index in [-0.39, 0.29) is 0 Å². The molecule has 104 valence electrons. The summed E-state index contributed by atoms with van der Waals surface area (Å²) < 4.78 is 7.30. The summed E-state index contributed by atoms with van der Waals surface area (Å²) in [6, 6.07) is 4.01. The van der Waals surface area contributed by atoms with Crippen molar-refractivity contribution in [3.05, 3.63) is 23.9 Å². The van der Waals surface area contributed by atoms with E-state index in [2.05, 4.69) is 29.2 Å². The van der Waals surface area contributed by atoms with Crippen LogP contribution in [0, 0.1) is 6.92 Å². The van der Waals surface area contributed by atoms with Gasteiger partial charge in [0, 0.05) is 19.3 Å². The van der Waals surface area contributed by atoms with Gasteiger partial charge < -0.3 is 10.1 Å². The van der Waals surface area contributed by atoms with Crippen molar-refractivity contribution in [2.24, 2.45) is 0 Å². The highest BCUT2D eigenvalue weighted by molar-refractivity contribution is 5.49. The molecule has 0 bridgehead atoms. The molecular formula is C14H22N4O.